The Kier molecular flexibility index (Phi) is 3.54. The van der Waals surface area contributed by atoms with Crippen LogP contribution >= 0.6 is 0 Å². The highest BCUT2D eigenvalue weighted by molar-refractivity contribution is 5.72. The fraction of sp³-hybridized carbons (Fsp3) is 0.571. The third-order valence-electron chi connectivity index (χ3n) is 1.05. The SMILES string of the molecule is [C]#CC(CCC)C(=O)O. The summed E-state index contributed by atoms with van der Waals surface area (Å²) in [6.45, 7) is 1.88. The van der Waals surface area contributed by atoms with Gasteiger partial charge in [-0.25, -0.2) is 0 Å². The van der Waals surface area contributed by atoms with Crippen molar-refractivity contribution in [3.8, 4) is 5.92 Å². The molecule has 1 unspecified atom stereocenters. The Bertz CT molecular complexity index is 132. The molecule has 0 fully saturated rings. The summed E-state index contributed by atoms with van der Waals surface area (Å²) in [6.07, 6.45) is 7.86. The fourth-order valence-corrected chi connectivity index (χ4v) is 0.546. The van der Waals surface area contributed by atoms with Crippen molar-refractivity contribution >= 4 is 5.97 Å². The lowest BCUT2D eigenvalue weighted by molar-refractivity contribution is -0.139. The molecule has 0 rings (SSSR count). The van der Waals surface area contributed by atoms with Gasteiger partial charge in [0, 0.05) is 0 Å². The zero-order valence-electron chi connectivity index (χ0n) is 5.35. The summed E-state index contributed by atoms with van der Waals surface area (Å²) < 4.78 is 0. The molecule has 1 N–H and O–H groups in total. The maximum atomic E-state index is 10.1. The molecule has 0 aromatic carbocycles. The van der Waals surface area contributed by atoms with Gasteiger partial charge in [0.15, 0.2) is 0 Å². The standard InChI is InChI=1S/C7H9O2/c1-3-5-6(4-2)7(8)9/h6H,3,5H2,1H3,(H,8,9). The minimum absolute atomic E-state index is 0.513. The molecule has 0 aliphatic heterocycles. The summed E-state index contributed by atoms with van der Waals surface area (Å²) >= 11 is 0. The van der Waals surface area contributed by atoms with E-state index in [1.807, 2.05) is 12.8 Å². The van der Waals surface area contributed by atoms with Crippen molar-refractivity contribution in [2.24, 2.45) is 5.92 Å². The van der Waals surface area contributed by atoms with E-state index in [-0.39, 0.29) is 0 Å². The minimum Gasteiger partial charge on any atom is -0.480 e. The van der Waals surface area contributed by atoms with Crippen LogP contribution in [0.1, 0.15) is 19.8 Å². The van der Waals surface area contributed by atoms with Crippen LogP contribution in [0, 0.1) is 18.3 Å². The van der Waals surface area contributed by atoms with Crippen molar-refractivity contribution < 1.29 is 9.90 Å². The van der Waals surface area contributed by atoms with E-state index in [1.54, 1.807) is 0 Å². The van der Waals surface area contributed by atoms with Crippen LogP contribution in [0.25, 0.3) is 0 Å². The summed E-state index contributed by atoms with van der Waals surface area (Å²) in [5.74, 6) is 0.302. The van der Waals surface area contributed by atoms with Gasteiger partial charge in [0.2, 0.25) is 0 Å². The topological polar surface area (TPSA) is 37.3 Å². The second-order valence-corrected chi connectivity index (χ2v) is 1.82. The Hall–Kier alpha value is -0.970. The molecule has 0 aromatic heterocycles. The van der Waals surface area contributed by atoms with Crippen LogP contribution in [0.15, 0.2) is 0 Å². The van der Waals surface area contributed by atoms with Crippen LogP contribution in [-0.4, -0.2) is 11.1 Å². The normalized spacial score (nSPS) is 12.0. The molecule has 0 heterocycles. The van der Waals surface area contributed by atoms with Crippen molar-refractivity contribution in [2.75, 3.05) is 0 Å². The first-order valence-corrected chi connectivity index (χ1v) is 2.87. The molecule has 49 valence electrons. The summed E-state index contributed by atoms with van der Waals surface area (Å²) in [5.41, 5.74) is 0. The van der Waals surface area contributed by atoms with E-state index in [2.05, 4.69) is 0 Å². The quantitative estimate of drug-likeness (QED) is 0.573. The van der Waals surface area contributed by atoms with Gasteiger partial charge in [0.05, 0.1) is 0 Å². The molecule has 0 saturated heterocycles. The Morgan fingerprint density at radius 2 is 2.44 bits per heavy atom. The van der Waals surface area contributed by atoms with Gasteiger partial charge in [-0.15, -0.1) is 0 Å². The summed E-state index contributed by atoms with van der Waals surface area (Å²) in [5, 5.41) is 8.32. The number of rotatable bonds is 3. The van der Waals surface area contributed by atoms with Gasteiger partial charge in [0.1, 0.15) is 5.92 Å². The Labute approximate surface area is 54.9 Å². The van der Waals surface area contributed by atoms with Crippen molar-refractivity contribution in [1.82, 2.24) is 0 Å². The predicted octanol–water partition coefficient (Wildman–Crippen LogP) is 1.08. The largest absolute Gasteiger partial charge is 0.480 e. The molecule has 2 nitrogen and oxygen atoms in total. The van der Waals surface area contributed by atoms with Gasteiger partial charge in [0.25, 0.3) is 0 Å². The van der Waals surface area contributed by atoms with Crippen LogP contribution in [-0.2, 0) is 4.79 Å². The van der Waals surface area contributed by atoms with Gasteiger partial charge in [-0.2, -0.15) is 0 Å². The number of carboxylic acids is 1. The van der Waals surface area contributed by atoms with E-state index in [9.17, 15) is 4.79 Å². The Morgan fingerprint density at radius 3 is 2.56 bits per heavy atom. The Morgan fingerprint density at radius 1 is 1.89 bits per heavy atom. The van der Waals surface area contributed by atoms with Crippen molar-refractivity contribution in [3.05, 3.63) is 6.42 Å². The van der Waals surface area contributed by atoms with E-state index in [0.29, 0.717) is 6.42 Å². The molecule has 1 radical (unpaired) electrons. The van der Waals surface area contributed by atoms with Crippen LogP contribution in [0.2, 0.25) is 0 Å². The monoisotopic (exact) mass is 125 g/mol. The van der Waals surface area contributed by atoms with Crippen molar-refractivity contribution in [3.63, 3.8) is 0 Å². The summed E-state index contributed by atoms with van der Waals surface area (Å²) in [4.78, 5) is 10.1. The van der Waals surface area contributed by atoms with Crippen molar-refractivity contribution in [1.29, 1.82) is 0 Å². The predicted molar refractivity (Wildman–Crippen MR) is 33.2 cm³/mol. The average Bonchev–Trinajstić information content (AvgIpc) is 1.82. The second-order valence-electron chi connectivity index (χ2n) is 1.82. The molecule has 2 heteroatoms. The molecule has 1 atom stereocenters. The lowest BCUT2D eigenvalue weighted by Gasteiger charge is -1.99. The second kappa shape index (κ2) is 3.96. The fourth-order valence-electron chi connectivity index (χ4n) is 0.546. The molecule has 0 spiro atoms. The van der Waals surface area contributed by atoms with Gasteiger partial charge < -0.3 is 5.11 Å². The molecule has 0 aliphatic rings. The van der Waals surface area contributed by atoms with E-state index in [0.717, 1.165) is 6.42 Å². The molecule has 0 aromatic rings. The van der Waals surface area contributed by atoms with Crippen LogP contribution < -0.4 is 0 Å². The lowest BCUT2D eigenvalue weighted by atomic mass is 10.1. The van der Waals surface area contributed by atoms with E-state index in [1.165, 1.54) is 0 Å². The molecule has 0 bridgehead atoms. The first-order chi connectivity index (χ1) is 4.22. The van der Waals surface area contributed by atoms with E-state index < -0.39 is 11.9 Å². The zero-order chi connectivity index (χ0) is 7.28. The van der Waals surface area contributed by atoms with Crippen molar-refractivity contribution in [2.45, 2.75) is 19.8 Å². The maximum Gasteiger partial charge on any atom is 0.318 e. The van der Waals surface area contributed by atoms with Crippen LogP contribution in [0.5, 0.6) is 0 Å². The van der Waals surface area contributed by atoms with E-state index in [4.69, 9.17) is 11.5 Å². The molecule has 9 heavy (non-hydrogen) atoms. The lowest BCUT2D eigenvalue weighted by Crippen LogP contribution is -2.10. The first kappa shape index (κ1) is 8.03. The third kappa shape index (κ3) is 2.76. The van der Waals surface area contributed by atoms with Gasteiger partial charge >= 0.3 is 5.97 Å². The number of aliphatic carboxylic acids is 1. The molecule has 0 aliphatic carbocycles. The van der Waals surface area contributed by atoms with Gasteiger partial charge in [-0.3, -0.25) is 4.79 Å². The van der Waals surface area contributed by atoms with Crippen LogP contribution in [0.3, 0.4) is 0 Å². The molecule has 0 amide bonds. The summed E-state index contributed by atoms with van der Waals surface area (Å²) in [7, 11) is 0. The molecular weight excluding hydrogens is 116 g/mol. The van der Waals surface area contributed by atoms with Gasteiger partial charge in [-0.05, 0) is 12.8 Å². The Balaban J connectivity index is 3.72. The van der Waals surface area contributed by atoms with E-state index >= 15 is 0 Å². The summed E-state index contributed by atoms with van der Waals surface area (Å²) in [6, 6.07) is 0. The smallest absolute Gasteiger partial charge is 0.318 e. The van der Waals surface area contributed by atoms with Crippen LogP contribution in [0.4, 0.5) is 0 Å². The highest BCUT2D eigenvalue weighted by atomic mass is 16.4. The number of carbonyl (C=O) groups is 1. The molecule has 0 saturated carbocycles. The molecular formula is C7H9O2. The zero-order valence-corrected chi connectivity index (χ0v) is 5.35. The number of hydrogen-bond acceptors (Lipinski definition) is 1. The number of carboxylic acid groups (broad SMARTS) is 1. The first-order valence-electron chi connectivity index (χ1n) is 2.87. The average molecular weight is 125 g/mol. The highest BCUT2D eigenvalue weighted by Gasteiger charge is 2.11. The highest BCUT2D eigenvalue weighted by Crippen LogP contribution is 2.03. The van der Waals surface area contributed by atoms with Gasteiger partial charge in [-0.1, -0.05) is 19.3 Å². The number of hydrogen-bond donors (Lipinski definition) is 1. The maximum absolute atomic E-state index is 10.1. The third-order valence-corrected chi connectivity index (χ3v) is 1.05. The minimum atomic E-state index is -0.952.